The van der Waals surface area contributed by atoms with Gasteiger partial charge in [-0.2, -0.15) is 5.26 Å². The zero-order valence-electron chi connectivity index (χ0n) is 15.2. The van der Waals surface area contributed by atoms with Crippen LogP contribution in [0.3, 0.4) is 0 Å². The molecule has 1 atom stereocenters. The van der Waals surface area contributed by atoms with Gasteiger partial charge in [0.25, 0.3) is 0 Å². The lowest BCUT2D eigenvalue weighted by atomic mass is 10.0. The molecule has 3 aromatic rings. The molecule has 1 unspecified atom stereocenters. The topological polar surface area (TPSA) is 36.3 Å². The molecule has 1 aliphatic heterocycles. The average molecular weight is 352 g/mol. The Hall–Kier alpha value is -3.51. The van der Waals surface area contributed by atoms with Gasteiger partial charge in [-0.3, -0.25) is 0 Å². The van der Waals surface area contributed by atoms with E-state index in [4.69, 9.17) is 4.74 Å². The molecule has 0 spiro atoms. The van der Waals surface area contributed by atoms with Gasteiger partial charge in [0, 0.05) is 12.1 Å². The monoisotopic (exact) mass is 352 g/mol. The third kappa shape index (κ3) is 3.18. The zero-order chi connectivity index (χ0) is 18.6. The molecule has 1 aliphatic rings. The highest BCUT2D eigenvalue weighted by Crippen LogP contribution is 2.46. The number of nitrogens with zero attached hydrogens (tertiary/aromatic N) is 2. The molecule has 3 nitrogen and oxygen atoms in total. The van der Waals surface area contributed by atoms with E-state index in [0.29, 0.717) is 6.42 Å². The van der Waals surface area contributed by atoms with Gasteiger partial charge in [0.05, 0.1) is 30.5 Å². The number of hydrogen-bond acceptors (Lipinski definition) is 3. The molecular weight excluding hydrogens is 332 g/mol. The smallest absolute Gasteiger partial charge is 0.118 e. The molecular formula is C24H20N2O. The maximum absolute atomic E-state index is 9.85. The predicted octanol–water partition coefficient (Wildman–Crippen LogP) is 5.58. The van der Waals surface area contributed by atoms with Crippen molar-refractivity contribution in [3.63, 3.8) is 0 Å². The van der Waals surface area contributed by atoms with Crippen molar-refractivity contribution in [1.29, 1.82) is 5.26 Å². The van der Waals surface area contributed by atoms with Crippen LogP contribution in [0.2, 0.25) is 0 Å². The highest BCUT2D eigenvalue weighted by molar-refractivity contribution is 5.87. The minimum Gasteiger partial charge on any atom is -0.497 e. The summed E-state index contributed by atoms with van der Waals surface area (Å²) in [6.07, 6.45) is 0.682. The van der Waals surface area contributed by atoms with Crippen molar-refractivity contribution in [3.05, 3.63) is 102 Å². The third-order valence-corrected chi connectivity index (χ3v) is 4.95. The van der Waals surface area contributed by atoms with E-state index in [9.17, 15) is 5.26 Å². The van der Waals surface area contributed by atoms with E-state index in [-0.39, 0.29) is 6.04 Å². The van der Waals surface area contributed by atoms with Gasteiger partial charge < -0.3 is 9.64 Å². The van der Waals surface area contributed by atoms with Crippen LogP contribution in [-0.2, 0) is 0 Å². The van der Waals surface area contributed by atoms with Gasteiger partial charge in [0.1, 0.15) is 5.75 Å². The Morgan fingerprint density at radius 2 is 1.52 bits per heavy atom. The first kappa shape index (κ1) is 16.9. The molecule has 0 aromatic heterocycles. The summed E-state index contributed by atoms with van der Waals surface area (Å²) in [6, 6.07) is 31.1. The van der Waals surface area contributed by atoms with Crippen molar-refractivity contribution in [2.75, 3.05) is 12.0 Å². The second-order valence-electron chi connectivity index (χ2n) is 6.50. The summed E-state index contributed by atoms with van der Waals surface area (Å²) in [5, 5.41) is 9.85. The van der Waals surface area contributed by atoms with Gasteiger partial charge in [-0.15, -0.1) is 0 Å². The van der Waals surface area contributed by atoms with Crippen LogP contribution >= 0.6 is 0 Å². The van der Waals surface area contributed by atoms with Gasteiger partial charge in [-0.05, 0) is 35.4 Å². The molecule has 3 aromatic carbocycles. The molecule has 0 fully saturated rings. The standard InChI is InChI=1S/C24H20N2O/c1-27-22-14-12-18(13-15-22)23-16-20(17-25)24(19-8-4-2-5-9-19)26(23)21-10-6-3-7-11-21/h2-15,23H,16H2,1H3. The summed E-state index contributed by atoms with van der Waals surface area (Å²) in [7, 11) is 1.67. The minimum atomic E-state index is 0.0724. The SMILES string of the molecule is COc1ccc(C2CC(C#N)=C(c3ccccc3)N2c2ccccc2)cc1. The molecule has 27 heavy (non-hydrogen) atoms. The molecule has 0 amide bonds. The number of anilines is 1. The van der Waals surface area contributed by atoms with E-state index in [1.807, 2.05) is 48.5 Å². The van der Waals surface area contributed by atoms with Crippen molar-refractivity contribution >= 4 is 11.4 Å². The van der Waals surface area contributed by atoms with Crippen molar-refractivity contribution in [2.24, 2.45) is 0 Å². The lowest BCUT2D eigenvalue weighted by Crippen LogP contribution is -2.22. The van der Waals surface area contributed by atoms with E-state index in [1.54, 1.807) is 7.11 Å². The first-order valence-corrected chi connectivity index (χ1v) is 8.98. The van der Waals surface area contributed by atoms with Crippen LogP contribution in [0.25, 0.3) is 5.70 Å². The number of ether oxygens (including phenoxy) is 1. The zero-order valence-corrected chi connectivity index (χ0v) is 15.2. The van der Waals surface area contributed by atoms with E-state index >= 15 is 0 Å². The van der Waals surface area contributed by atoms with Crippen LogP contribution in [0.5, 0.6) is 5.75 Å². The lowest BCUT2D eigenvalue weighted by Gasteiger charge is -2.30. The van der Waals surface area contributed by atoms with Crippen molar-refractivity contribution < 1.29 is 4.74 Å². The fraction of sp³-hybridized carbons (Fsp3) is 0.125. The van der Waals surface area contributed by atoms with Crippen LogP contribution in [0.4, 0.5) is 5.69 Å². The van der Waals surface area contributed by atoms with E-state index in [2.05, 4.69) is 47.4 Å². The van der Waals surface area contributed by atoms with Crippen molar-refractivity contribution in [2.45, 2.75) is 12.5 Å². The minimum absolute atomic E-state index is 0.0724. The fourth-order valence-corrected chi connectivity index (χ4v) is 3.68. The summed E-state index contributed by atoms with van der Waals surface area (Å²) >= 11 is 0. The van der Waals surface area contributed by atoms with Gasteiger partial charge in [-0.1, -0.05) is 60.7 Å². The van der Waals surface area contributed by atoms with Crippen LogP contribution < -0.4 is 9.64 Å². The first-order chi connectivity index (χ1) is 13.3. The normalized spacial score (nSPS) is 16.3. The Kier molecular flexibility index (Phi) is 4.63. The number of methoxy groups -OCH3 is 1. The van der Waals surface area contributed by atoms with Gasteiger partial charge in [0.15, 0.2) is 0 Å². The molecule has 0 radical (unpaired) electrons. The summed E-state index contributed by atoms with van der Waals surface area (Å²) < 4.78 is 5.30. The molecule has 0 aliphatic carbocycles. The number of nitriles is 1. The fourth-order valence-electron chi connectivity index (χ4n) is 3.68. The second kappa shape index (κ2) is 7.39. The maximum atomic E-state index is 9.85. The summed E-state index contributed by atoms with van der Waals surface area (Å²) in [4.78, 5) is 2.29. The van der Waals surface area contributed by atoms with Gasteiger partial charge in [0.2, 0.25) is 0 Å². The summed E-state index contributed by atoms with van der Waals surface area (Å²) in [5.41, 5.74) is 5.12. The number of hydrogen-bond donors (Lipinski definition) is 0. The van der Waals surface area contributed by atoms with Gasteiger partial charge >= 0.3 is 0 Å². The average Bonchev–Trinajstić information content (AvgIpc) is 3.15. The molecule has 1 heterocycles. The van der Waals surface area contributed by atoms with E-state index in [0.717, 1.165) is 28.3 Å². The van der Waals surface area contributed by atoms with Crippen molar-refractivity contribution in [3.8, 4) is 11.8 Å². The molecule has 3 heteroatoms. The molecule has 0 saturated heterocycles. The number of rotatable bonds is 4. The van der Waals surface area contributed by atoms with Crippen LogP contribution in [-0.4, -0.2) is 7.11 Å². The Morgan fingerprint density at radius 3 is 2.11 bits per heavy atom. The quantitative estimate of drug-likeness (QED) is 0.615. The Labute approximate surface area is 159 Å². The van der Waals surface area contributed by atoms with Crippen LogP contribution in [0.1, 0.15) is 23.6 Å². The molecule has 0 bridgehead atoms. The number of benzene rings is 3. The molecule has 4 rings (SSSR count). The predicted molar refractivity (Wildman–Crippen MR) is 108 cm³/mol. The summed E-state index contributed by atoms with van der Waals surface area (Å²) in [5.74, 6) is 0.833. The van der Waals surface area contributed by atoms with E-state index in [1.165, 1.54) is 5.56 Å². The van der Waals surface area contributed by atoms with Crippen LogP contribution in [0.15, 0.2) is 90.5 Å². The second-order valence-corrected chi connectivity index (χ2v) is 6.50. The third-order valence-electron chi connectivity index (χ3n) is 4.95. The highest BCUT2D eigenvalue weighted by Gasteiger charge is 2.34. The Balaban J connectivity index is 1.85. The lowest BCUT2D eigenvalue weighted by molar-refractivity contribution is 0.414. The summed E-state index contributed by atoms with van der Waals surface area (Å²) in [6.45, 7) is 0. The maximum Gasteiger partial charge on any atom is 0.118 e. The Bertz CT molecular complexity index is 986. The Morgan fingerprint density at radius 1 is 0.889 bits per heavy atom. The number of para-hydroxylation sites is 1. The van der Waals surface area contributed by atoms with Crippen LogP contribution in [0, 0.1) is 11.3 Å². The first-order valence-electron chi connectivity index (χ1n) is 8.98. The van der Waals surface area contributed by atoms with E-state index < -0.39 is 0 Å². The highest BCUT2D eigenvalue weighted by atomic mass is 16.5. The van der Waals surface area contributed by atoms with Crippen molar-refractivity contribution in [1.82, 2.24) is 0 Å². The molecule has 0 N–H and O–H groups in total. The van der Waals surface area contributed by atoms with Gasteiger partial charge in [-0.25, -0.2) is 0 Å². The molecule has 132 valence electrons. The molecule has 0 saturated carbocycles. The largest absolute Gasteiger partial charge is 0.497 e.